The van der Waals surface area contributed by atoms with E-state index in [-0.39, 0.29) is 6.10 Å². The Kier molecular flexibility index (Phi) is 7.50. The third-order valence-corrected chi connectivity index (χ3v) is 6.12. The zero-order valence-electron chi connectivity index (χ0n) is 10.4. The minimum atomic E-state index is -0.873. The molecule has 2 aromatic rings. The van der Waals surface area contributed by atoms with Crippen molar-refractivity contribution in [2.75, 3.05) is 0 Å². The SMILES string of the molecule is B#[SH](I)OC(/C=C/I)CCc1sc2ccccc2c1Cl. The van der Waals surface area contributed by atoms with Gasteiger partial charge in [-0.3, -0.25) is 0 Å². The molecule has 106 valence electrons. The molecule has 1 nitrogen and oxygen atoms in total. The topological polar surface area (TPSA) is 9.23 Å². The van der Waals surface area contributed by atoms with Crippen LogP contribution in [0.3, 0.4) is 0 Å². The molecule has 7 heteroatoms. The Morgan fingerprint density at radius 2 is 2.20 bits per heavy atom. The third-order valence-electron chi connectivity index (χ3n) is 2.78. The molecular formula is C13H12BClI2OS2. The van der Waals surface area contributed by atoms with E-state index >= 15 is 0 Å². The van der Waals surface area contributed by atoms with Gasteiger partial charge in [-0.25, -0.2) is 0 Å². The first-order chi connectivity index (χ1) is 9.61. The molecule has 0 radical (unpaired) electrons. The number of thiol groups is 1. The summed E-state index contributed by atoms with van der Waals surface area (Å²) in [6.07, 6.45) is 3.90. The van der Waals surface area contributed by atoms with E-state index in [4.69, 9.17) is 22.3 Å². The summed E-state index contributed by atoms with van der Waals surface area (Å²) < 4.78 is 8.94. The molecule has 0 saturated heterocycles. The van der Waals surface area contributed by atoms with Crippen LogP contribution in [0.1, 0.15) is 11.3 Å². The molecule has 2 atom stereocenters. The molecule has 0 saturated carbocycles. The maximum atomic E-state index is 6.45. The van der Waals surface area contributed by atoms with Crippen LogP contribution in [0, 0.1) is 0 Å². The first-order valence-electron chi connectivity index (χ1n) is 5.92. The molecule has 1 heterocycles. The van der Waals surface area contributed by atoms with Crippen LogP contribution in [0.5, 0.6) is 0 Å². The molecule has 0 bridgehead atoms. The molecular weight excluding hydrogens is 536 g/mol. The second-order valence-corrected chi connectivity index (χ2v) is 9.95. The maximum absolute atomic E-state index is 6.45. The van der Waals surface area contributed by atoms with Crippen molar-refractivity contribution in [3.63, 3.8) is 0 Å². The zero-order chi connectivity index (χ0) is 14.5. The number of aryl methyl sites for hydroxylation is 1. The molecule has 0 fully saturated rings. The molecule has 0 aliphatic rings. The van der Waals surface area contributed by atoms with Gasteiger partial charge < -0.3 is 0 Å². The summed E-state index contributed by atoms with van der Waals surface area (Å²) in [6.45, 7) is 5.75. The Balaban J connectivity index is 2.12. The second kappa shape index (κ2) is 8.62. The normalized spacial score (nSPS) is 15.1. The van der Waals surface area contributed by atoms with E-state index in [0.29, 0.717) is 0 Å². The monoisotopic (exact) mass is 548 g/mol. The van der Waals surface area contributed by atoms with Crippen molar-refractivity contribution < 1.29 is 4.18 Å². The zero-order valence-corrected chi connectivity index (χ0v) is 17.2. The predicted octanol–water partition coefficient (Wildman–Crippen LogP) is 6.17. The van der Waals surface area contributed by atoms with Gasteiger partial charge in [0.15, 0.2) is 0 Å². The van der Waals surface area contributed by atoms with E-state index in [2.05, 4.69) is 55.9 Å². The van der Waals surface area contributed by atoms with Crippen LogP contribution in [0.4, 0.5) is 0 Å². The van der Waals surface area contributed by atoms with E-state index in [0.717, 1.165) is 23.3 Å². The Morgan fingerprint density at radius 1 is 1.45 bits per heavy atom. The summed E-state index contributed by atoms with van der Waals surface area (Å²) in [6, 6.07) is 8.24. The quantitative estimate of drug-likeness (QED) is 0.267. The molecule has 1 aromatic carbocycles. The van der Waals surface area contributed by atoms with Gasteiger partial charge >= 0.3 is 158 Å². The van der Waals surface area contributed by atoms with Crippen molar-refractivity contribution in [3.8, 4) is 0 Å². The van der Waals surface area contributed by atoms with Gasteiger partial charge in [0, 0.05) is 0 Å². The molecule has 0 aliphatic carbocycles. The van der Waals surface area contributed by atoms with E-state index in [9.17, 15) is 0 Å². The number of fused-ring (bicyclic) bond motifs is 1. The molecule has 0 spiro atoms. The number of hydrogen-bond acceptors (Lipinski definition) is 2. The Labute approximate surface area is 156 Å². The van der Waals surface area contributed by atoms with Crippen molar-refractivity contribution in [1.29, 1.82) is 0 Å². The van der Waals surface area contributed by atoms with Crippen LogP contribution in [0.25, 0.3) is 10.1 Å². The predicted molar refractivity (Wildman–Crippen MR) is 112 cm³/mol. The summed E-state index contributed by atoms with van der Waals surface area (Å²) in [4.78, 5) is 1.22. The van der Waals surface area contributed by atoms with Gasteiger partial charge in [-0.1, -0.05) is 0 Å². The standard InChI is InChI=1S/C13H12BClI2OS2/c14-20(17)18-9(7-8-16)5-6-12-13(15)10-3-1-2-4-11(10)19-12/h1-4,7-9,20H,5-6H2/b8-7+. The van der Waals surface area contributed by atoms with Crippen LogP contribution in [0.2, 0.25) is 5.02 Å². The fourth-order valence-corrected chi connectivity index (χ4v) is 5.21. The van der Waals surface area contributed by atoms with Gasteiger partial charge in [0.1, 0.15) is 0 Å². The summed E-state index contributed by atoms with van der Waals surface area (Å²) in [7, 11) is -0.873. The van der Waals surface area contributed by atoms with Gasteiger partial charge in [0.25, 0.3) is 0 Å². The van der Waals surface area contributed by atoms with E-state index < -0.39 is 7.58 Å². The van der Waals surface area contributed by atoms with Crippen LogP contribution >= 0.6 is 74.3 Å². The molecule has 20 heavy (non-hydrogen) atoms. The van der Waals surface area contributed by atoms with Crippen LogP contribution in [-0.4, -0.2) is 12.6 Å². The van der Waals surface area contributed by atoms with E-state index in [1.807, 2.05) is 22.3 Å². The van der Waals surface area contributed by atoms with Crippen LogP contribution in [-0.2, 0) is 10.6 Å². The third kappa shape index (κ3) is 4.77. The molecule has 0 N–H and O–H groups in total. The summed E-state index contributed by atoms with van der Waals surface area (Å²) in [5.41, 5.74) is 0. The summed E-state index contributed by atoms with van der Waals surface area (Å²) >= 11 is 12.5. The number of rotatable bonds is 5. The minimum absolute atomic E-state index is 0.0567. The van der Waals surface area contributed by atoms with E-state index in [1.165, 1.54) is 9.58 Å². The Bertz CT molecular complexity index is 692. The van der Waals surface area contributed by atoms with Crippen molar-refractivity contribution in [1.82, 2.24) is 0 Å². The first kappa shape index (κ1) is 17.4. The molecule has 0 aliphatic heterocycles. The van der Waals surface area contributed by atoms with Gasteiger partial charge in [0.2, 0.25) is 0 Å². The number of halogens is 3. The fraction of sp³-hybridized carbons (Fsp3) is 0.231. The van der Waals surface area contributed by atoms with Gasteiger partial charge in [-0.2, -0.15) is 0 Å². The molecule has 0 amide bonds. The van der Waals surface area contributed by atoms with Gasteiger partial charge in [-0.05, 0) is 0 Å². The Morgan fingerprint density at radius 3 is 2.85 bits per heavy atom. The van der Waals surface area contributed by atoms with Crippen LogP contribution < -0.4 is 0 Å². The number of thiophene rings is 1. The number of hydrogen-bond donors (Lipinski definition) is 1. The summed E-state index contributed by atoms with van der Waals surface area (Å²) in [5.74, 6) is 0. The van der Waals surface area contributed by atoms with Crippen molar-refractivity contribution in [2.45, 2.75) is 18.9 Å². The number of benzene rings is 1. The first-order valence-corrected chi connectivity index (χ1v) is 12.5. The van der Waals surface area contributed by atoms with Crippen molar-refractivity contribution >= 4 is 90.9 Å². The average molecular weight is 548 g/mol. The van der Waals surface area contributed by atoms with Gasteiger partial charge in [0.05, 0.1) is 0 Å². The molecule has 1 aromatic heterocycles. The summed E-state index contributed by atoms with van der Waals surface area (Å²) in [5, 5.41) is 2.03. The average Bonchev–Trinajstić information content (AvgIpc) is 2.73. The molecule has 2 unspecified atom stereocenters. The van der Waals surface area contributed by atoms with Crippen molar-refractivity contribution in [2.24, 2.45) is 0 Å². The second-order valence-electron chi connectivity index (χ2n) is 4.11. The van der Waals surface area contributed by atoms with Crippen LogP contribution in [0.15, 0.2) is 34.4 Å². The fourth-order valence-electron chi connectivity index (χ4n) is 1.89. The van der Waals surface area contributed by atoms with Crippen molar-refractivity contribution in [3.05, 3.63) is 44.3 Å². The van der Waals surface area contributed by atoms with E-state index in [1.54, 1.807) is 11.3 Å². The van der Waals surface area contributed by atoms with Gasteiger partial charge in [-0.15, -0.1) is 0 Å². The molecule has 2 rings (SSSR count). The Hall–Kier alpha value is 1.04.